The highest BCUT2D eigenvalue weighted by Crippen LogP contribution is 2.08. The molecule has 0 unspecified atom stereocenters. The van der Waals surface area contributed by atoms with Gasteiger partial charge in [0.05, 0.1) is 0 Å². The van der Waals surface area contributed by atoms with E-state index in [0.717, 1.165) is 12.3 Å². The van der Waals surface area contributed by atoms with E-state index in [9.17, 15) is 0 Å². The van der Waals surface area contributed by atoms with Crippen molar-refractivity contribution < 1.29 is 0 Å². The van der Waals surface area contributed by atoms with Crippen LogP contribution in [-0.4, -0.2) is 0 Å². The molecule has 0 aliphatic rings. The second kappa shape index (κ2) is 9.22. The van der Waals surface area contributed by atoms with E-state index >= 15 is 0 Å². The van der Waals surface area contributed by atoms with E-state index in [0.29, 0.717) is 0 Å². The van der Waals surface area contributed by atoms with E-state index in [-0.39, 0.29) is 0 Å². The van der Waals surface area contributed by atoms with Gasteiger partial charge in [-0.15, -0.1) is 13.2 Å². The summed E-state index contributed by atoms with van der Waals surface area (Å²) in [5.41, 5.74) is 1.23. The van der Waals surface area contributed by atoms with Crippen molar-refractivity contribution in [3.05, 3.63) is 37.5 Å². The zero-order chi connectivity index (χ0) is 9.28. The highest BCUT2D eigenvalue weighted by Gasteiger charge is 1.92. The van der Waals surface area contributed by atoms with E-state index in [2.05, 4.69) is 39.7 Å². The van der Waals surface area contributed by atoms with Gasteiger partial charge in [0.25, 0.3) is 0 Å². The van der Waals surface area contributed by atoms with Crippen LogP contribution in [0, 0.1) is 5.92 Å². The van der Waals surface area contributed by atoms with Crippen LogP contribution in [0.2, 0.25) is 0 Å². The van der Waals surface area contributed by atoms with Crippen molar-refractivity contribution >= 4 is 0 Å². The Hall–Kier alpha value is -0.780. The molecule has 0 aliphatic carbocycles. The third-order valence-corrected chi connectivity index (χ3v) is 1.07. The summed E-state index contributed by atoms with van der Waals surface area (Å²) in [6.07, 6.45) is 5.22. The van der Waals surface area contributed by atoms with Crippen LogP contribution in [0.5, 0.6) is 0 Å². The number of hydrogen-bond acceptors (Lipinski definition) is 0. The first-order valence-electron chi connectivity index (χ1n) is 3.97. The third kappa shape index (κ3) is 12.4. The largest absolute Gasteiger partial charge is 0.106 e. The minimum atomic E-state index is 0.730. The molecule has 0 saturated carbocycles. The van der Waals surface area contributed by atoms with E-state index in [1.807, 2.05) is 13.0 Å². The highest BCUT2D eigenvalue weighted by molar-refractivity contribution is 5.13. The first-order chi connectivity index (χ1) is 5.16. The first kappa shape index (κ1) is 12.9. The minimum Gasteiger partial charge on any atom is -0.106 e. The van der Waals surface area contributed by atoms with Crippen LogP contribution in [-0.2, 0) is 0 Å². The van der Waals surface area contributed by atoms with Crippen LogP contribution in [0.3, 0.4) is 0 Å². The van der Waals surface area contributed by atoms with Gasteiger partial charge in [0.15, 0.2) is 0 Å². The van der Waals surface area contributed by atoms with Crippen LogP contribution >= 0.6 is 0 Å². The maximum atomic E-state index is 3.90. The molecule has 0 heteroatoms. The molecule has 0 aromatic carbocycles. The molecular weight excluding hydrogens is 132 g/mol. The van der Waals surface area contributed by atoms with Gasteiger partial charge in [-0.1, -0.05) is 38.2 Å². The average Bonchev–Trinajstić information content (AvgIpc) is 1.91. The molecule has 64 valence electrons. The standard InChI is InChI=1S/C9H16.C2H4/c1-5-6-9(4)7-8(2)3;1-2/h5-6,8H,4,7H2,1-3H3;1-2H2/b6-5-;. The van der Waals surface area contributed by atoms with Crippen molar-refractivity contribution in [2.75, 3.05) is 0 Å². The van der Waals surface area contributed by atoms with Gasteiger partial charge in [-0.2, -0.15) is 0 Å². The fourth-order valence-corrected chi connectivity index (χ4v) is 0.828. The lowest BCUT2D eigenvalue weighted by Crippen LogP contribution is -1.86. The quantitative estimate of drug-likeness (QED) is 0.424. The molecule has 0 rings (SSSR count). The summed E-state index contributed by atoms with van der Waals surface area (Å²) in [7, 11) is 0. The van der Waals surface area contributed by atoms with Crippen molar-refractivity contribution in [2.24, 2.45) is 5.92 Å². The third-order valence-electron chi connectivity index (χ3n) is 1.07. The lowest BCUT2D eigenvalue weighted by atomic mass is 10.0. The van der Waals surface area contributed by atoms with Crippen molar-refractivity contribution in [2.45, 2.75) is 27.2 Å². The Kier molecular flexibility index (Phi) is 10.8. The van der Waals surface area contributed by atoms with E-state index < -0.39 is 0 Å². The minimum absolute atomic E-state index is 0.730. The molecule has 0 amide bonds. The Morgan fingerprint density at radius 3 is 2.09 bits per heavy atom. The Labute approximate surface area is 71.3 Å². The average molecular weight is 152 g/mol. The summed E-state index contributed by atoms with van der Waals surface area (Å²) in [5.74, 6) is 0.730. The highest BCUT2D eigenvalue weighted by atomic mass is 14.0. The van der Waals surface area contributed by atoms with Crippen LogP contribution in [0.25, 0.3) is 0 Å². The van der Waals surface area contributed by atoms with Crippen molar-refractivity contribution in [3.8, 4) is 0 Å². The maximum absolute atomic E-state index is 3.90. The van der Waals surface area contributed by atoms with Gasteiger partial charge in [0, 0.05) is 0 Å². The molecule has 0 aromatic heterocycles. The molecule has 0 heterocycles. The normalized spacial score (nSPS) is 9.45. The van der Waals surface area contributed by atoms with E-state index in [4.69, 9.17) is 0 Å². The molecule has 0 aromatic rings. The van der Waals surface area contributed by atoms with Crippen LogP contribution < -0.4 is 0 Å². The summed E-state index contributed by atoms with van der Waals surface area (Å²) in [6.45, 7) is 16.3. The SMILES string of the molecule is C=C.C=C(/C=C\C)CC(C)C. The fourth-order valence-electron chi connectivity index (χ4n) is 0.828. The van der Waals surface area contributed by atoms with Gasteiger partial charge >= 0.3 is 0 Å². The zero-order valence-electron chi connectivity index (χ0n) is 8.06. The predicted molar refractivity (Wildman–Crippen MR) is 54.7 cm³/mol. The van der Waals surface area contributed by atoms with Gasteiger partial charge in [-0.25, -0.2) is 0 Å². The Balaban J connectivity index is 0. The van der Waals surface area contributed by atoms with Crippen LogP contribution in [0.15, 0.2) is 37.5 Å². The fraction of sp³-hybridized carbons (Fsp3) is 0.455. The molecule has 0 atom stereocenters. The molecule has 0 radical (unpaired) electrons. The summed E-state index contributed by atoms with van der Waals surface area (Å²) >= 11 is 0. The van der Waals surface area contributed by atoms with E-state index in [1.165, 1.54) is 5.57 Å². The van der Waals surface area contributed by atoms with Crippen molar-refractivity contribution in [1.29, 1.82) is 0 Å². The molecule has 0 fully saturated rings. The molecule has 11 heavy (non-hydrogen) atoms. The molecule has 0 aliphatic heterocycles. The van der Waals surface area contributed by atoms with Gasteiger partial charge < -0.3 is 0 Å². The van der Waals surface area contributed by atoms with Crippen LogP contribution in [0.1, 0.15) is 27.2 Å². The first-order valence-corrected chi connectivity index (χ1v) is 3.97. The van der Waals surface area contributed by atoms with Gasteiger partial charge in [-0.3, -0.25) is 0 Å². The number of rotatable bonds is 3. The predicted octanol–water partition coefficient (Wildman–Crippen LogP) is 3.97. The monoisotopic (exact) mass is 152 g/mol. The van der Waals surface area contributed by atoms with E-state index in [1.54, 1.807) is 0 Å². The van der Waals surface area contributed by atoms with Gasteiger partial charge in [0.1, 0.15) is 0 Å². The summed E-state index contributed by atoms with van der Waals surface area (Å²) < 4.78 is 0. The molecular formula is C11H20. The second-order valence-electron chi connectivity index (χ2n) is 2.76. The van der Waals surface area contributed by atoms with Gasteiger partial charge in [0.2, 0.25) is 0 Å². The number of hydrogen-bond donors (Lipinski definition) is 0. The Morgan fingerprint density at radius 2 is 1.82 bits per heavy atom. The molecule has 0 saturated heterocycles. The van der Waals surface area contributed by atoms with Gasteiger partial charge in [-0.05, 0) is 19.3 Å². The zero-order valence-corrected chi connectivity index (χ0v) is 8.06. The van der Waals surface area contributed by atoms with Crippen molar-refractivity contribution in [3.63, 3.8) is 0 Å². The lowest BCUT2D eigenvalue weighted by Gasteiger charge is -2.01. The van der Waals surface area contributed by atoms with Crippen molar-refractivity contribution in [1.82, 2.24) is 0 Å². The second-order valence-corrected chi connectivity index (χ2v) is 2.76. The summed E-state index contributed by atoms with van der Waals surface area (Å²) in [5, 5.41) is 0. The maximum Gasteiger partial charge on any atom is -0.0262 e. The molecule has 0 bridgehead atoms. The topological polar surface area (TPSA) is 0 Å². The molecule has 0 nitrogen and oxygen atoms in total. The Morgan fingerprint density at radius 1 is 1.36 bits per heavy atom. The molecule has 0 spiro atoms. The summed E-state index contributed by atoms with van der Waals surface area (Å²) in [4.78, 5) is 0. The molecule has 0 N–H and O–H groups in total. The number of allylic oxidation sites excluding steroid dienone is 3. The smallest absolute Gasteiger partial charge is 0.0262 e. The van der Waals surface area contributed by atoms with Crippen LogP contribution in [0.4, 0.5) is 0 Å². The lowest BCUT2D eigenvalue weighted by molar-refractivity contribution is 0.651. The summed E-state index contributed by atoms with van der Waals surface area (Å²) in [6, 6.07) is 0. The Bertz CT molecular complexity index is 118.